The number of carbonyl (C=O) groups excluding carboxylic acids is 4. The number of ether oxygens (including phenoxy) is 6. The van der Waals surface area contributed by atoms with Crippen molar-refractivity contribution in [3.8, 4) is 23.0 Å². The van der Waals surface area contributed by atoms with Crippen LogP contribution >= 0.6 is 0 Å². The number of amides is 4. The van der Waals surface area contributed by atoms with Gasteiger partial charge in [-0.1, -0.05) is 59.9 Å². The van der Waals surface area contributed by atoms with Crippen LogP contribution in [0, 0.1) is 0 Å². The van der Waals surface area contributed by atoms with Gasteiger partial charge < -0.3 is 57.7 Å². The number of nitrogens with zero attached hydrogens (tertiary/aromatic N) is 2. The zero-order valence-electron chi connectivity index (χ0n) is 42.4. The Bertz CT molecular complexity index is 1990. The molecule has 4 rings (SSSR count). The topological polar surface area (TPSA) is 224 Å². The Morgan fingerprint density at radius 2 is 1.16 bits per heavy atom. The minimum Gasteiger partial charge on any atom is -0.493 e. The fourth-order valence-electron chi connectivity index (χ4n) is 7.59. The molecule has 0 saturated carbocycles. The Balaban J connectivity index is 1.55. The van der Waals surface area contributed by atoms with Crippen molar-refractivity contribution in [3.05, 3.63) is 60.7 Å². The Morgan fingerprint density at radius 3 is 1.57 bits per heavy atom. The predicted molar refractivity (Wildman–Crippen MR) is 269 cm³/mol. The molecule has 0 aliphatic carbocycles. The number of β-amino-alcohol motifs (C(OH)–C–C–N with tert-alkyl or cyclic N) is 2. The van der Waals surface area contributed by atoms with Crippen molar-refractivity contribution >= 4 is 52.0 Å². The van der Waals surface area contributed by atoms with Gasteiger partial charge in [0.15, 0.2) is 39.6 Å². The Labute approximate surface area is 409 Å². The highest BCUT2D eigenvalue weighted by molar-refractivity contribution is 6.74. The molecule has 2 aromatic rings. The highest BCUT2D eigenvalue weighted by atomic mass is 28.4. The van der Waals surface area contributed by atoms with E-state index in [0.29, 0.717) is 32.1 Å². The van der Waals surface area contributed by atoms with Gasteiger partial charge in [0.1, 0.15) is 13.2 Å². The predicted octanol–water partition coefficient (Wildman–Crippen LogP) is 7.95. The van der Waals surface area contributed by atoms with Gasteiger partial charge in [-0.2, -0.15) is 0 Å². The van der Waals surface area contributed by atoms with Crippen LogP contribution in [0.1, 0.15) is 87.4 Å². The van der Waals surface area contributed by atoms with Crippen LogP contribution in [0.3, 0.4) is 0 Å². The summed E-state index contributed by atoms with van der Waals surface area (Å²) >= 11 is 0. The first-order valence-electron chi connectivity index (χ1n) is 23.4. The summed E-state index contributed by atoms with van der Waals surface area (Å²) in [7, 11) is -1.88. The minimum absolute atomic E-state index is 0.0650. The third-order valence-corrected chi connectivity index (χ3v) is 21.6. The molecule has 0 bridgehead atoms. The lowest BCUT2D eigenvalue weighted by molar-refractivity contribution is 0.0670. The highest BCUT2D eigenvalue weighted by Gasteiger charge is 2.43. The Morgan fingerprint density at radius 1 is 0.725 bits per heavy atom. The van der Waals surface area contributed by atoms with Gasteiger partial charge in [-0.15, -0.1) is 0 Å². The summed E-state index contributed by atoms with van der Waals surface area (Å²) in [6, 6.07) is 5.15. The maximum absolute atomic E-state index is 14.4. The molecule has 69 heavy (non-hydrogen) atoms. The lowest BCUT2D eigenvalue weighted by Gasteiger charge is -2.38. The molecule has 2 saturated heterocycles. The third kappa shape index (κ3) is 14.9. The first kappa shape index (κ1) is 56.5. The van der Waals surface area contributed by atoms with Crippen LogP contribution in [-0.2, 0) is 13.9 Å². The van der Waals surface area contributed by atoms with E-state index in [1.54, 1.807) is 9.80 Å². The summed E-state index contributed by atoms with van der Waals surface area (Å²) < 4.78 is 40.5. The SMILES string of the molecule is C=CCOC(=O)Nc1cc(OCCCOc2cc(NC(=O)OCC=C)c(C(=O)N3C[C@H](O)C[C@H]3CO[Si](C)(C)C(C)(C)C)cc2OC)c(OC)cc1C(=O)N1C[C@H](O)C[C@H]1CCC(C)(C)[Si](C)(C)O. The number of nitrogens with one attached hydrogen (secondary N) is 2. The van der Waals surface area contributed by atoms with E-state index in [1.807, 2.05) is 26.9 Å². The summed E-state index contributed by atoms with van der Waals surface area (Å²) in [6.45, 7) is 26.0. The molecule has 20 heteroatoms. The van der Waals surface area contributed by atoms with Crippen LogP contribution in [0.2, 0.25) is 36.3 Å². The number of hydrogen-bond donors (Lipinski definition) is 5. The summed E-state index contributed by atoms with van der Waals surface area (Å²) in [4.78, 5) is 68.5. The third-order valence-electron chi connectivity index (χ3n) is 13.5. The van der Waals surface area contributed by atoms with E-state index < -0.39 is 58.9 Å². The number of methoxy groups -OCH3 is 2. The van der Waals surface area contributed by atoms with Gasteiger partial charge in [0, 0.05) is 37.7 Å². The molecule has 0 spiro atoms. The maximum Gasteiger partial charge on any atom is 0.411 e. The number of aliphatic hydroxyl groups excluding tert-OH is 2. The minimum atomic E-state index is -2.54. The number of carbonyl (C=O) groups is 4. The van der Waals surface area contributed by atoms with Crippen molar-refractivity contribution in [3.63, 3.8) is 0 Å². The summed E-state index contributed by atoms with van der Waals surface area (Å²) in [6.07, 6.45) is 1.83. The lowest BCUT2D eigenvalue weighted by Crippen LogP contribution is -2.46. The largest absolute Gasteiger partial charge is 0.493 e. The van der Waals surface area contributed by atoms with Gasteiger partial charge >= 0.3 is 12.2 Å². The number of likely N-dealkylation sites (tertiary alicyclic amines) is 2. The Kier molecular flexibility index (Phi) is 19.7. The average Bonchev–Trinajstić information content (AvgIpc) is 3.85. The molecule has 384 valence electrons. The smallest absolute Gasteiger partial charge is 0.411 e. The number of hydrogen-bond acceptors (Lipinski definition) is 14. The van der Waals surface area contributed by atoms with Gasteiger partial charge in [-0.05, 0) is 74.1 Å². The molecule has 0 radical (unpaired) electrons. The monoisotopic (exact) mass is 1000 g/mol. The lowest BCUT2D eigenvalue weighted by atomic mass is 9.99. The van der Waals surface area contributed by atoms with E-state index in [-0.39, 0.29) is 108 Å². The fraction of sp³-hybridized carbons (Fsp3) is 0.592. The van der Waals surface area contributed by atoms with Crippen LogP contribution < -0.4 is 29.6 Å². The second-order valence-electron chi connectivity index (χ2n) is 20.2. The van der Waals surface area contributed by atoms with Crippen LogP contribution in [-0.4, -0.2) is 150 Å². The molecular formula is C49H76N4O14Si2. The fourth-order valence-corrected chi connectivity index (χ4v) is 9.38. The van der Waals surface area contributed by atoms with E-state index in [4.69, 9.17) is 32.8 Å². The molecule has 4 amide bonds. The first-order valence-corrected chi connectivity index (χ1v) is 29.3. The Hall–Kier alpha value is -5.13. The molecule has 5 N–H and O–H groups in total. The molecular weight excluding hydrogens is 925 g/mol. The summed E-state index contributed by atoms with van der Waals surface area (Å²) in [5.74, 6) is -0.0846. The zero-order chi connectivity index (χ0) is 51.5. The van der Waals surface area contributed by atoms with Crippen molar-refractivity contribution < 1.29 is 67.0 Å². The maximum atomic E-state index is 14.4. The number of rotatable bonds is 23. The van der Waals surface area contributed by atoms with E-state index >= 15 is 0 Å². The number of aliphatic hydroxyl groups is 2. The number of anilines is 2. The molecule has 2 aliphatic rings. The zero-order valence-corrected chi connectivity index (χ0v) is 44.4. The van der Waals surface area contributed by atoms with Gasteiger partial charge in [-0.25, -0.2) is 9.59 Å². The molecule has 0 aromatic heterocycles. The molecule has 4 atom stereocenters. The molecule has 2 aliphatic heterocycles. The van der Waals surface area contributed by atoms with Gasteiger partial charge in [-0.3, -0.25) is 20.2 Å². The van der Waals surface area contributed by atoms with E-state index in [2.05, 4.69) is 57.7 Å². The second kappa shape index (κ2) is 24.1. The van der Waals surface area contributed by atoms with Crippen LogP contribution in [0.5, 0.6) is 23.0 Å². The normalized spacial score (nSPS) is 18.6. The highest BCUT2D eigenvalue weighted by Crippen LogP contribution is 2.43. The summed E-state index contributed by atoms with van der Waals surface area (Å²) in [5.41, 5.74) is 0.362. The van der Waals surface area contributed by atoms with Crippen molar-refractivity contribution in [2.45, 2.75) is 127 Å². The van der Waals surface area contributed by atoms with Gasteiger partial charge in [0.2, 0.25) is 0 Å². The van der Waals surface area contributed by atoms with Gasteiger partial charge in [0.25, 0.3) is 11.8 Å². The first-order chi connectivity index (χ1) is 32.3. The van der Waals surface area contributed by atoms with Crippen LogP contribution in [0.15, 0.2) is 49.6 Å². The van der Waals surface area contributed by atoms with E-state index in [9.17, 15) is 34.2 Å². The van der Waals surface area contributed by atoms with Crippen molar-refractivity contribution in [1.29, 1.82) is 0 Å². The van der Waals surface area contributed by atoms with E-state index in [1.165, 1.54) is 50.6 Å². The van der Waals surface area contributed by atoms with Crippen molar-refractivity contribution in [2.24, 2.45) is 0 Å². The van der Waals surface area contributed by atoms with Crippen molar-refractivity contribution in [1.82, 2.24) is 9.80 Å². The van der Waals surface area contributed by atoms with Crippen LogP contribution in [0.4, 0.5) is 21.0 Å². The second-order valence-corrected chi connectivity index (χ2v) is 29.5. The standard InChI is InChI=1S/C49H76N4O14Si2/c1-14-19-65-46(58)50-38-27-42(40(61-8)25-36(38)44(56)52-29-34(54)23-32(52)17-18-49(6,7)68(10,11)60)63-21-16-22-64-43-28-39(51-47(59)66-20-15-2)37(26-41(43)62-9)45(57)53-30-35(55)24-33(53)31-67-69(12,13)48(3,4)5/h14-15,25-28,32-35,54-55,60H,1-2,16-24,29-31H2,3-13H3,(H,50,58)(H,51,59)/t32-,33+,34-,35-/m1/s1. The molecule has 2 heterocycles. The average molecular weight is 1000 g/mol. The molecule has 2 aromatic carbocycles. The van der Waals surface area contributed by atoms with Crippen LogP contribution in [0.25, 0.3) is 0 Å². The quantitative estimate of drug-likeness (QED) is 0.0405. The van der Waals surface area contributed by atoms with Crippen molar-refractivity contribution in [2.75, 3.05) is 71.0 Å². The molecule has 0 unspecified atom stereocenters. The summed E-state index contributed by atoms with van der Waals surface area (Å²) in [5, 5.41) is 26.4. The number of benzene rings is 2. The molecule has 2 fully saturated rings. The van der Waals surface area contributed by atoms with E-state index in [0.717, 1.165) is 0 Å². The van der Waals surface area contributed by atoms with Gasteiger partial charge in [0.05, 0.1) is 74.8 Å². The molecule has 18 nitrogen and oxygen atoms in total.